The van der Waals surface area contributed by atoms with Crippen LogP contribution in [0.2, 0.25) is 10.6 Å². The zero-order valence-corrected chi connectivity index (χ0v) is 9.79. The van der Waals surface area contributed by atoms with Crippen molar-refractivity contribution in [3.8, 4) is 11.5 Å². The zero-order valence-electron chi connectivity index (χ0n) is 8.28. The largest absolute Gasteiger partial charge is 0.451 e. The van der Waals surface area contributed by atoms with Crippen molar-refractivity contribution in [1.29, 1.82) is 0 Å². The molecule has 2 aromatic heterocycles. The first-order valence-corrected chi connectivity index (χ1v) is 5.09. The summed E-state index contributed by atoms with van der Waals surface area (Å²) >= 11 is 11.0. The summed E-state index contributed by atoms with van der Waals surface area (Å²) in [6.45, 7) is 0. The topological polar surface area (TPSA) is 64.5 Å². The van der Waals surface area contributed by atoms with Crippen molar-refractivity contribution in [1.82, 2.24) is 24.9 Å². The second-order valence-electron chi connectivity index (χ2n) is 2.96. The molecule has 0 saturated heterocycles. The molecule has 0 aliphatic rings. The molecule has 0 atom stereocenters. The maximum Gasteiger partial charge on any atom is 0.451 e. The lowest BCUT2D eigenvalue weighted by Gasteiger charge is -2.05. The molecule has 18 heavy (non-hydrogen) atoms. The van der Waals surface area contributed by atoms with Gasteiger partial charge >= 0.3 is 6.18 Å². The van der Waals surface area contributed by atoms with Gasteiger partial charge in [-0.15, -0.1) is 0 Å². The van der Waals surface area contributed by atoms with Crippen LogP contribution in [0, 0.1) is 0 Å². The van der Waals surface area contributed by atoms with Gasteiger partial charge in [-0.3, -0.25) is 0 Å². The van der Waals surface area contributed by atoms with E-state index in [2.05, 4.69) is 24.9 Å². The quantitative estimate of drug-likeness (QED) is 0.809. The van der Waals surface area contributed by atoms with Crippen molar-refractivity contribution >= 4 is 23.2 Å². The Bertz CT molecular complexity index is 569. The number of halogens is 5. The van der Waals surface area contributed by atoms with E-state index in [0.29, 0.717) is 0 Å². The monoisotopic (exact) mass is 295 g/mol. The van der Waals surface area contributed by atoms with Crippen molar-refractivity contribution in [2.75, 3.05) is 0 Å². The van der Waals surface area contributed by atoms with Crippen LogP contribution in [0.25, 0.3) is 11.5 Å². The zero-order chi connectivity index (χ0) is 13.3. The van der Waals surface area contributed by atoms with Crippen LogP contribution in [-0.4, -0.2) is 24.9 Å². The lowest BCUT2D eigenvalue weighted by atomic mass is 10.3. The van der Waals surface area contributed by atoms with E-state index in [9.17, 15) is 13.2 Å². The maximum absolute atomic E-state index is 12.4. The van der Waals surface area contributed by atoms with Gasteiger partial charge in [-0.1, -0.05) is 0 Å². The van der Waals surface area contributed by atoms with Gasteiger partial charge in [0.2, 0.25) is 16.4 Å². The highest BCUT2D eigenvalue weighted by Gasteiger charge is 2.34. The van der Waals surface area contributed by atoms with Crippen molar-refractivity contribution in [2.24, 2.45) is 0 Å². The third-order valence-corrected chi connectivity index (χ3v) is 2.06. The molecule has 0 aromatic carbocycles. The van der Waals surface area contributed by atoms with E-state index in [1.165, 1.54) is 6.07 Å². The third-order valence-electron chi connectivity index (χ3n) is 1.72. The van der Waals surface area contributed by atoms with Gasteiger partial charge in [-0.05, 0) is 29.3 Å². The predicted octanol–water partition coefficient (Wildman–Crippen LogP) is 2.65. The number of aromatic nitrogens is 5. The van der Waals surface area contributed by atoms with E-state index in [0.717, 1.165) is 6.20 Å². The number of rotatable bonds is 1. The average molecular weight is 296 g/mol. The van der Waals surface area contributed by atoms with Crippen LogP contribution < -0.4 is 0 Å². The van der Waals surface area contributed by atoms with Gasteiger partial charge in [-0.25, -0.2) is 9.97 Å². The third kappa shape index (κ3) is 2.82. The SMILES string of the molecule is FC(F)(F)c1nccc(-c2nc(Cl)nc(Cl)n2)n1. The minimum Gasteiger partial charge on any atom is -0.233 e. The fourth-order valence-corrected chi connectivity index (χ4v) is 1.42. The van der Waals surface area contributed by atoms with Gasteiger partial charge in [0.05, 0.1) is 0 Å². The standard InChI is InChI=1S/C8H2Cl2F3N5/c9-6-16-4(17-7(10)18-6)3-1-2-14-5(15-3)8(11,12)13/h1-2H. The van der Waals surface area contributed by atoms with Gasteiger partial charge in [-0.2, -0.15) is 28.1 Å². The lowest BCUT2D eigenvalue weighted by molar-refractivity contribution is -0.144. The molecule has 0 aliphatic heterocycles. The molecule has 10 heteroatoms. The molecule has 0 saturated carbocycles. The van der Waals surface area contributed by atoms with Gasteiger partial charge in [0.25, 0.3) is 0 Å². The predicted molar refractivity (Wildman–Crippen MR) is 55.9 cm³/mol. The summed E-state index contributed by atoms with van der Waals surface area (Å²) in [6, 6.07) is 1.21. The smallest absolute Gasteiger partial charge is 0.233 e. The summed E-state index contributed by atoms with van der Waals surface area (Å²) in [6.07, 6.45) is -3.71. The van der Waals surface area contributed by atoms with Crippen molar-refractivity contribution in [2.45, 2.75) is 6.18 Å². The Balaban J connectivity index is 2.51. The van der Waals surface area contributed by atoms with Gasteiger partial charge in [0.1, 0.15) is 5.69 Å². The molecule has 2 heterocycles. The number of nitrogens with zero attached hydrogens (tertiary/aromatic N) is 5. The average Bonchev–Trinajstić information content (AvgIpc) is 2.27. The fraction of sp³-hybridized carbons (Fsp3) is 0.125. The van der Waals surface area contributed by atoms with E-state index in [4.69, 9.17) is 23.2 Å². The second kappa shape index (κ2) is 4.62. The Morgan fingerprint density at radius 2 is 1.56 bits per heavy atom. The van der Waals surface area contributed by atoms with Crippen LogP contribution in [0.3, 0.4) is 0 Å². The first-order chi connectivity index (χ1) is 8.36. The molecule has 0 amide bonds. The molecule has 0 spiro atoms. The van der Waals surface area contributed by atoms with E-state index >= 15 is 0 Å². The normalized spacial score (nSPS) is 11.6. The van der Waals surface area contributed by atoms with Gasteiger partial charge in [0.15, 0.2) is 5.82 Å². The summed E-state index contributed by atoms with van der Waals surface area (Å²) in [7, 11) is 0. The van der Waals surface area contributed by atoms with E-state index in [1.807, 2.05) is 0 Å². The van der Waals surface area contributed by atoms with Crippen LogP contribution in [0.15, 0.2) is 12.3 Å². The van der Waals surface area contributed by atoms with Crippen molar-refractivity contribution in [3.63, 3.8) is 0 Å². The van der Waals surface area contributed by atoms with Crippen LogP contribution in [0.1, 0.15) is 5.82 Å². The molecular weight excluding hydrogens is 294 g/mol. The van der Waals surface area contributed by atoms with Crippen LogP contribution in [0.4, 0.5) is 13.2 Å². The highest BCUT2D eigenvalue weighted by Crippen LogP contribution is 2.27. The summed E-state index contributed by atoms with van der Waals surface area (Å²) in [5.41, 5.74) is -0.150. The molecular formula is C8H2Cl2F3N5. The summed E-state index contributed by atoms with van der Waals surface area (Å²) < 4.78 is 37.2. The van der Waals surface area contributed by atoms with Gasteiger partial charge < -0.3 is 0 Å². The Morgan fingerprint density at radius 1 is 0.944 bits per heavy atom. The molecule has 0 N–H and O–H groups in total. The highest BCUT2D eigenvalue weighted by atomic mass is 35.5. The van der Waals surface area contributed by atoms with Crippen molar-refractivity contribution in [3.05, 3.63) is 28.7 Å². The van der Waals surface area contributed by atoms with E-state index < -0.39 is 12.0 Å². The second-order valence-corrected chi connectivity index (χ2v) is 3.64. The molecule has 0 fully saturated rings. The Kier molecular flexibility index (Phi) is 3.31. The summed E-state index contributed by atoms with van der Waals surface area (Å²) in [5, 5.41) is -0.477. The molecule has 0 radical (unpaired) electrons. The molecule has 0 unspecified atom stereocenters. The van der Waals surface area contributed by atoms with Crippen LogP contribution in [-0.2, 0) is 6.18 Å². The Morgan fingerprint density at radius 3 is 2.11 bits per heavy atom. The molecule has 2 aromatic rings. The van der Waals surface area contributed by atoms with E-state index in [1.54, 1.807) is 0 Å². The van der Waals surface area contributed by atoms with Crippen molar-refractivity contribution < 1.29 is 13.2 Å². The number of hydrogen-bond donors (Lipinski definition) is 0. The first kappa shape index (κ1) is 12.9. The Labute approximate surface area is 108 Å². The molecule has 0 bridgehead atoms. The van der Waals surface area contributed by atoms with Crippen LogP contribution in [0.5, 0.6) is 0 Å². The minimum absolute atomic E-state index is 0.150. The van der Waals surface area contributed by atoms with Gasteiger partial charge in [0, 0.05) is 6.20 Å². The highest BCUT2D eigenvalue weighted by molar-refractivity contribution is 6.31. The minimum atomic E-state index is -4.66. The maximum atomic E-state index is 12.4. The fourth-order valence-electron chi connectivity index (χ4n) is 1.06. The summed E-state index contributed by atoms with van der Waals surface area (Å²) in [4.78, 5) is 17.1. The number of hydrogen-bond acceptors (Lipinski definition) is 5. The lowest BCUT2D eigenvalue weighted by Crippen LogP contribution is -2.11. The Hall–Kier alpha value is -1.54. The molecule has 5 nitrogen and oxygen atoms in total. The molecule has 94 valence electrons. The van der Waals surface area contributed by atoms with Crippen LogP contribution >= 0.6 is 23.2 Å². The first-order valence-electron chi connectivity index (χ1n) is 4.34. The molecule has 0 aliphatic carbocycles. The molecule has 2 rings (SSSR count). The summed E-state index contributed by atoms with van der Waals surface area (Å²) in [5.74, 6) is -1.46. The van der Waals surface area contributed by atoms with E-state index in [-0.39, 0.29) is 22.1 Å². The number of alkyl halides is 3.